The molecule has 0 spiro atoms. The first-order chi connectivity index (χ1) is 18.4. The fraction of sp³-hybridized carbons (Fsp3) is 0.182. The van der Waals surface area contributed by atoms with Gasteiger partial charge >= 0.3 is 0 Å². The maximum atomic E-state index is 11.1. The van der Waals surface area contributed by atoms with Crippen molar-refractivity contribution in [3.05, 3.63) is 125 Å². The number of ketones is 6. The third-order valence-corrected chi connectivity index (χ3v) is 5.30. The van der Waals surface area contributed by atoms with Gasteiger partial charge in [0.25, 0.3) is 0 Å². The smallest absolute Gasteiger partial charge is 0.109 e. The van der Waals surface area contributed by atoms with Crippen molar-refractivity contribution in [3.63, 3.8) is 0 Å². The Hall–Kier alpha value is -3.83. The summed E-state index contributed by atoms with van der Waals surface area (Å²) >= 11 is 0. The summed E-state index contributed by atoms with van der Waals surface area (Å²) in [5.74, 6) is -0.256. The number of rotatable bonds is 9. The van der Waals surface area contributed by atoms with E-state index < -0.39 is 0 Å². The Bertz CT molecular complexity index is 1070. The van der Waals surface area contributed by atoms with Gasteiger partial charge in [0, 0.05) is 26.2 Å². The standard InChI is InChI=1S/3C11H11O2.Zr/c3*1-8(12)11(9(2)13)10-6-4-3-5-7-10;/h3*3-7H,1-2H3;/q3*-1;. The van der Waals surface area contributed by atoms with Crippen LogP contribution in [-0.4, -0.2) is 34.7 Å². The van der Waals surface area contributed by atoms with E-state index in [2.05, 4.69) is 0 Å². The molecule has 0 bridgehead atoms. The van der Waals surface area contributed by atoms with Gasteiger partial charge in [-0.1, -0.05) is 18.2 Å². The summed E-state index contributed by atoms with van der Waals surface area (Å²) in [5, 5.41) is 0. The molecule has 7 heteroatoms. The molecular formula is C33H33O6Zr-3. The molecule has 40 heavy (non-hydrogen) atoms. The number of hydrogen-bond donors (Lipinski definition) is 0. The van der Waals surface area contributed by atoms with Gasteiger partial charge < -0.3 is 28.8 Å². The van der Waals surface area contributed by atoms with Crippen LogP contribution in [0.2, 0.25) is 0 Å². The molecule has 6 nitrogen and oxygen atoms in total. The number of benzene rings is 3. The quantitative estimate of drug-likeness (QED) is 0.237. The molecule has 3 rings (SSSR count). The van der Waals surface area contributed by atoms with Gasteiger partial charge in [0.1, 0.15) is 34.7 Å². The molecule has 0 radical (unpaired) electrons. The van der Waals surface area contributed by atoms with Crippen LogP contribution >= 0.6 is 0 Å². The van der Waals surface area contributed by atoms with Gasteiger partial charge in [-0.15, -0.1) is 36.4 Å². The Morgan fingerprint density at radius 3 is 0.625 bits per heavy atom. The fourth-order valence-corrected chi connectivity index (χ4v) is 3.78. The predicted octanol–water partition coefficient (Wildman–Crippen LogP) is 5.36. The van der Waals surface area contributed by atoms with E-state index in [1.165, 1.54) is 41.5 Å². The normalized spacial score (nSPS) is 9.15. The van der Waals surface area contributed by atoms with E-state index in [1.54, 1.807) is 72.8 Å². The summed E-state index contributed by atoms with van der Waals surface area (Å²) in [6.07, 6.45) is 0. The Morgan fingerprint density at radius 2 is 0.500 bits per heavy atom. The van der Waals surface area contributed by atoms with E-state index in [0.717, 1.165) is 0 Å². The molecule has 3 aromatic rings. The molecule has 0 aliphatic rings. The maximum Gasteiger partial charge on any atom is 0.109 e. The van der Waals surface area contributed by atoms with Crippen LogP contribution in [0, 0.1) is 17.8 Å². The second-order valence-electron chi connectivity index (χ2n) is 8.56. The molecule has 0 heterocycles. The van der Waals surface area contributed by atoms with Gasteiger partial charge in [0.15, 0.2) is 0 Å². The van der Waals surface area contributed by atoms with Gasteiger partial charge in [-0.2, -0.15) is 53.1 Å². The van der Waals surface area contributed by atoms with E-state index in [-0.39, 0.29) is 78.7 Å². The van der Waals surface area contributed by atoms with Crippen LogP contribution < -0.4 is 0 Å². The molecule has 0 saturated carbocycles. The van der Waals surface area contributed by atoms with Crippen LogP contribution in [0.1, 0.15) is 58.2 Å². The fourth-order valence-electron chi connectivity index (χ4n) is 3.78. The van der Waals surface area contributed by atoms with Crippen molar-refractivity contribution < 1.29 is 55.0 Å². The van der Waals surface area contributed by atoms with Crippen LogP contribution in [-0.2, 0) is 55.0 Å². The number of Topliss-reactive ketones (excluding diaryl/α,β-unsaturated/α-hetero) is 6. The molecule has 0 unspecified atom stereocenters. The molecule has 0 N–H and O–H groups in total. The maximum absolute atomic E-state index is 11.1. The first-order valence-electron chi connectivity index (χ1n) is 12.2. The Balaban J connectivity index is 0.000000563. The van der Waals surface area contributed by atoms with E-state index in [1.807, 2.05) is 18.2 Å². The van der Waals surface area contributed by atoms with Crippen molar-refractivity contribution in [1.82, 2.24) is 0 Å². The zero-order valence-corrected chi connectivity index (χ0v) is 26.1. The zero-order valence-electron chi connectivity index (χ0n) is 23.6. The van der Waals surface area contributed by atoms with Crippen molar-refractivity contribution in [2.45, 2.75) is 41.5 Å². The van der Waals surface area contributed by atoms with Crippen molar-refractivity contribution in [1.29, 1.82) is 0 Å². The van der Waals surface area contributed by atoms with Gasteiger partial charge in [0.05, 0.1) is 0 Å². The van der Waals surface area contributed by atoms with E-state index in [4.69, 9.17) is 0 Å². The van der Waals surface area contributed by atoms with Crippen molar-refractivity contribution in [2.24, 2.45) is 0 Å². The summed E-state index contributed by atoms with van der Waals surface area (Å²) in [6.45, 7) is 8.44. The van der Waals surface area contributed by atoms with E-state index in [9.17, 15) is 28.8 Å². The van der Waals surface area contributed by atoms with Crippen molar-refractivity contribution in [2.75, 3.05) is 0 Å². The Kier molecular flexibility index (Phi) is 16.7. The monoisotopic (exact) mass is 615 g/mol. The van der Waals surface area contributed by atoms with Crippen LogP contribution in [0.4, 0.5) is 0 Å². The number of carbonyl (C=O) groups is 6. The molecule has 0 amide bonds. The topological polar surface area (TPSA) is 102 Å². The van der Waals surface area contributed by atoms with Crippen LogP contribution in [0.5, 0.6) is 0 Å². The first kappa shape index (κ1) is 36.2. The van der Waals surface area contributed by atoms with Gasteiger partial charge in [-0.25, -0.2) is 0 Å². The molecular weight excluding hydrogens is 584 g/mol. The first-order valence-corrected chi connectivity index (χ1v) is 12.2. The minimum atomic E-state index is -0.182. The molecule has 0 saturated heterocycles. The second-order valence-corrected chi connectivity index (χ2v) is 8.56. The van der Waals surface area contributed by atoms with Crippen molar-refractivity contribution in [3.8, 4) is 0 Å². The number of carbonyl (C=O) groups excluding carboxylic acids is 6. The average Bonchev–Trinajstić information content (AvgIpc) is 2.85. The van der Waals surface area contributed by atoms with Crippen LogP contribution in [0.25, 0.3) is 0 Å². The third-order valence-electron chi connectivity index (χ3n) is 5.30. The summed E-state index contributed by atoms with van der Waals surface area (Å²) in [5.41, 5.74) is 2.09. The van der Waals surface area contributed by atoms with Gasteiger partial charge in [0.2, 0.25) is 0 Å². The van der Waals surface area contributed by atoms with Gasteiger partial charge in [-0.3, -0.25) is 0 Å². The van der Waals surface area contributed by atoms with Crippen molar-refractivity contribution >= 4 is 34.7 Å². The minimum Gasteiger partial charge on any atom is -0.309 e. The summed E-state index contributed by atoms with van der Waals surface area (Å²) in [7, 11) is 0. The summed E-state index contributed by atoms with van der Waals surface area (Å²) in [6, 6.07) is 27.0. The predicted molar refractivity (Wildman–Crippen MR) is 150 cm³/mol. The molecule has 0 aliphatic carbocycles. The molecule has 0 fully saturated rings. The van der Waals surface area contributed by atoms with Crippen LogP contribution in [0.15, 0.2) is 91.0 Å². The summed E-state index contributed by atoms with van der Waals surface area (Å²) < 4.78 is 0. The van der Waals surface area contributed by atoms with E-state index >= 15 is 0 Å². The molecule has 0 atom stereocenters. The largest absolute Gasteiger partial charge is 0.309 e. The minimum absolute atomic E-state index is 0. The summed E-state index contributed by atoms with van der Waals surface area (Å²) in [4.78, 5) is 66.8. The third kappa shape index (κ3) is 11.9. The SMILES string of the molecule is CC(=O)[C-](C(C)=O)c1ccccc1.CC(=O)[C-](C(C)=O)c1ccccc1.CC(=O)[C-](C(C)=O)c1ccccc1.[Zr]. The Labute approximate surface area is 255 Å². The van der Waals surface area contributed by atoms with Crippen LogP contribution in [0.3, 0.4) is 0 Å². The van der Waals surface area contributed by atoms with Gasteiger partial charge in [-0.05, 0) is 59.3 Å². The molecule has 3 aromatic carbocycles. The second kappa shape index (κ2) is 18.5. The molecule has 208 valence electrons. The molecule has 0 aromatic heterocycles. The number of hydrogen-bond acceptors (Lipinski definition) is 6. The molecule has 0 aliphatic heterocycles. The Morgan fingerprint density at radius 1 is 0.350 bits per heavy atom. The van der Waals surface area contributed by atoms with E-state index in [0.29, 0.717) is 16.7 Å². The zero-order chi connectivity index (χ0) is 29.5. The average molecular weight is 617 g/mol.